The van der Waals surface area contributed by atoms with E-state index in [1.54, 1.807) is 50.4 Å². The van der Waals surface area contributed by atoms with E-state index >= 15 is 0 Å². The molecular weight excluding hydrogens is 1110 g/mol. The van der Waals surface area contributed by atoms with Gasteiger partial charge in [-0.1, -0.05) is 89.6 Å². The third kappa shape index (κ3) is 25.8. The number of nitrogens with one attached hydrogen (secondary N) is 9. The van der Waals surface area contributed by atoms with Crippen LogP contribution < -0.4 is 76.9 Å². The summed E-state index contributed by atoms with van der Waals surface area (Å²) in [6.07, 6.45) is 5.81. The third-order valence-electron chi connectivity index (χ3n) is 14.1. The van der Waals surface area contributed by atoms with Gasteiger partial charge in [0.25, 0.3) is 0 Å². The Morgan fingerprint density at radius 1 is 0.541 bits per heavy atom. The Morgan fingerprint density at radius 3 is 1.51 bits per heavy atom. The first-order valence-corrected chi connectivity index (χ1v) is 30.5. The maximum absolute atomic E-state index is 14.9. The molecule has 0 aliphatic heterocycles. The molecule has 1 heterocycles. The van der Waals surface area contributed by atoms with Crippen molar-refractivity contribution < 1.29 is 43.2 Å². The van der Waals surface area contributed by atoms with Crippen molar-refractivity contribution in [3.05, 3.63) is 71.9 Å². The monoisotopic (exact) mass is 1200 g/mol. The van der Waals surface area contributed by atoms with Gasteiger partial charge >= 0.3 is 0 Å². The fourth-order valence-corrected chi connectivity index (χ4v) is 9.69. The van der Waals surface area contributed by atoms with Crippen LogP contribution in [-0.2, 0) is 56.0 Å². The van der Waals surface area contributed by atoms with Gasteiger partial charge in [-0.3, -0.25) is 53.1 Å². The maximum atomic E-state index is 14.9. The lowest BCUT2D eigenvalue weighted by molar-refractivity contribution is -0.136. The zero-order valence-electron chi connectivity index (χ0n) is 50.0. The van der Waals surface area contributed by atoms with Gasteiger partial charge in [0, 0.05) is 49.5 Å². The molecule has 0 saturated carbocycles. The maximum Gasteiger partial charge on any atom is 0.243 e. The lowest BCUT2D eigenvalue weighted by Crippen LogP contribution is -2.61. The van der Waals surface area contributed by atoms with E-state index in [1.165, 1.54) is 11.8 Å². The predicted molar refractivity (Wildman–Crippen MR) is 332 cm³/mol. The molecular formula is C58H93N17O9S. The van der Waals surface area contributed by atoms with Crippen LogP contribution in [0.2, 0.25) is 0 Å². The highest BCUT2D eigenvalue weighted by Crippen LogP contribution is 2.20. The second-order valence-electron chi connectivity index (χ2n) is 21.5. The van der Waals surface area contributed by atoms with Gasteiger partial charge in [0.1, 0.15) is 48.3 Å². The molecule has 0 unspecified atom stereocenters. The topological polar surface area (TPSA) is 446 Å². The number of nitrogens with zero attached hydrogens (tertiary/aromatic N) is 2. The van der Waals surface area contributed by atoms with Crippen LogP contribution in [0.4, 0.5) is 0 Å². The molecule has 3 aromatic rings. The van der Waals surface area contributed by atoms with Gasteiger partial charge in [-0.15, -0.1) is 0 Å². The summed E-state index contributed by atoms with van der Waals surface area (Å²) in [4.78, 5) is 137. The summed E-state index contributed by atoms with van der Waals surface area (Å²) >= 11 is 1.42. The highest BCUT2D eigenvalue weighted by Gasteiger charge is 2.36. The first-order chi connectivity index (χ1) is 40.5. The Labute approximate surface area is 502 Å². The summed E-state index contributed by atoms with van der Waals surface area (Å²) in [5.74, 6) is -6.56. The number of benzene rings is 2. The number of nitrogens with two attached hydrogens (primary N) is 6. The van der Waals surface area contributed by atoms with Crippen LogP contribution >= 0.6 is 11.8 Å². The van der Waals surface area contributed by atoms with Crippen molar-refractivity contribution >= 4 is 87.7 Å². The van der Waals surface area contributed by atoms with Crippen LogP contribution in [0.1, 0.15) is 116 Å². The number of para-hydroxylation sites is 1. The van der Waals surface area contributed by atoms with Crippen LogP contribution in [0.3, 0.4) is 0 Å². The van der Waals surface area contributed by atoms with E-state index in [0.717, 1.165) is 10.9 Å². The summed E-state index contributed by atoms with van der Waals surface area (Å²) in [6.45, 7) is 9.46. The van der Waals surface area contributed by atoms with Gasteiger partial charge in [0.2, 0.25) is 53.2 Å². The normalized spacial score (nSPS) is 14.3. The number of H-pyrrole nitrogens is 1. The van der Waals surface area contributed by atoms with Crippen LogP contribution in [0.5, 0.6) is 0 Å². The summed E-state index contributed by atoms with van der Waals surface area (Å²) in [5, 5.41) is 23.1. The number of fused-ring (bicyclic) bond motifs is 1. The Kier molecular flexibility index (Phi) is 32.0. The average molecular weight is 1200 g/mol. The Bertz CT molecular complexity index is 2700. The van der Waals surface area contributed by atoms with Crippen molar-refractivity contribution in [1.82, 2.24) is 47.5 Å². The number of rotatable bonds is 40. The molecule has 3 rings (SSSR count). The lowest BCUT2D eigenvalue weighted by atomic mass is 9.97. The zero-order valence-corrected chi connectivity index (χ0v) is 50.8. The van der Waals surface area contributed by atoms with Crippen molar-refractivity contribution in [2.24, 2.45) is 56.2 Å². The molecule has 0 spiro atoms. The smallest absolute Gasteiger partial charge is 0.243 e. The number of thioether (sulfide) groups is 1. The minimum absolute atomic E-state index is 0.0314. The van der Waals surface area contributed by atoms with Crippen molar-refractivity contribution in [3.8, 4) is 0 Å². The standard InChI is InChI=1S/C58H93N17O9S/c1-7-35(5)48(49(60)77)75-56(84)45(31-36-18-10-9-11-19-36)73-53(81)43(25-29-85-6)71-55(83)46(32-37-33-67-39-21-13-12-20-38(37)39)74-52(80)41(22-14-15-26-59)69-51(79)42(24-17-28-66-58(63)64)70-54(82)44(30-34(3)4)72-50(78)40(68-47(76)8-2)23-16-27-65-57(61)62/h9-13,18-21,33-35,40-46,48,67H,7-8,14-17,22-32,59H2,1-6H3,(H2,60,77)(H,68,76)(H,69,79)(H,70,82)(H,71,83)(H,72,78)(H,73,81)(H,74,80)(H,75,84)(H4,61,62,65)(H4,63,64,66)/t35-,40-,41-,42-,43-,44-,45-,46-,48-/m0/s1. The van der Waals surface area contributed by atoms with Crippen LogP contribution in [0, 0.1) is 11.8 Å². The Morgan fingerprint density at radius 2 is 1.00 bits per heavy atom. The summed E-state index contributed by atoms with van der Waals surface area (Å²) in [6, 6.07) is 6.60. The third-order valence-corrected chi connectivity index (χ3v) is 14.8. The average Bonchev–Trinajstić information content (AvgIpc) is 4.17. The summed E-state index contributed by atoms with van der Waals surface area (Å²) in [5.41, 5.74) is 35.9. The van der Waals surface area contributed by atoms with Crippen molar-refractivity contribution in [1.29, 1.82) is 0 Å². The molecule has 0 fully saturated rings. The SMILES string of the molecule is CCC(=O)N[C@@H](CCCN=C(N)N)C(=O)N[C@@H](CC(C)C)C(=O)N[C@@H](CCCN=C(N)N)C(=O)N[C@@H](CCCCN)C(=O)N[C@@H](Cc1c[nH]c2ccccc12)C(=O)N[C@@H](CCSC)C(=O)N[C@@H](Cc1ccccc1)C(=O)N[C@H](C(N)=O)[C@@H](C)CC. The lowest BCUT2D eigenvalue weighted by Gasteiger charge is -2.29. The molecule has 26 nitrogen and oxygen atoms in total. The van der Waals surface area contributed by atoms with E-state index in [2.05, 4.69) is 57.5 Å². The van der Waals surface area contributed by atoms with E-state index in [-0.39, 0.29) is 101 Å². The molecule has 9 atom stereocenters. The number of guanidine groups is 2. The predicted octanol–water partition coefficient (Wildman–Crippen LogP) is -0.192. The number of carbonyl (C=O) groups excluding carboxylic acids is 9. The number of carbonyl (C=O) groups is 9. The number of primary amides is 1. The van der Waals surface area contributed by atoms with Crippen molar-refractivity contribution in [2.75, 3.05) is 31.6 Å². The highest BCUT2D eigenvalue weighted by atomic mass is 32.2. The number of unbranched alkanes of at least 4 members (excludes halogenated alkanes) is 1. The summed E-state index contributed by atoms with van der Waals surface area (Å²) < 4.78 is 0. The molecule has 21 N–H and O–H groups in total. The second kappa shape index (κ2) is 38.1. The number of aromatic amines is 1. The molecule has 27 heteroatoms. The Hall–Kier alpha value is -7.94. The molecule has 2 aromatic carbocycles. The number of aliphatic imine (C=N–C) groups is 2. The van der Waals surface area contributed by atoms with Gasteiger partial charge in [-0.2, -0.15) is 11.8 Å². The quantitative estimate of drug-likeness (QED) is 0.0199. The molecule has 0 bridgehead atoms. The van der Waals surface area contributed by atoms with Gasteiger partial charge in [-0.05, 0) is 105 Å². The molecule has 1 aromatic heterocycles. The van der Waals surface area contributed by atoms with Crippen LogP contribution in [0.15, 0.2) is 70.8 Å². The fraction of sp³-hybridized carbons (Fsp3) is 0.569. The first-order valence-electron chi connectivity index (χ1n) is 29.1. The number of hydrogen-bond donors (Lipinski definition) is 15. The van der Waals surface area contributed by atoms with Crippen LogP contribution in [0.25, 0.3) is 10.9 Å². The second-order valence-corrected chi connectivity index (χ2v) is 22.4. The zero-order chi connectivity index (χ0) is 63.0. The fourth-order valence-electron chi connectivity index (χ4n) is 9.22. The highest BCUT2D eigenvalue weighted by molar-refractivity contribution is 7.98. The van der Waals surface area contributed by atoms with Crippen molar-refractivity contribution in [3.63, 3.8) is 0 Å². The van der Waals surface area contributed by atoms with Crippen molar-refractivity contribution in [2.45, 2.75) is 166 Å². The molecule has 9 amide bonds. The first kappa shape index (κ1) is 71.3. The largest absolute Gasteiger partial charge is 0.370 e. The minimum Gasteiger partial charge on any atom is -0.370 e. The Balaban J connectivity index is 2.04. The van der Waals surface area contributed by atoms with Gasteiger partial charge < -0.3 is 81.9 Å². The minimum atomic E-state index is -1.37. The number of hydrogen-bond acceptors (Lipinski definition) is 13. The molecule has 0 radical (unpaired) electrons. The molecule has 0 saturated heterocycles. The number of aromatic nitrogens is 1. The molecule has 0 aliphatic carbocycles. The van der Waals surface area contributed by atoms with Gasteiger partial charge in [0.05, 0.1) is 0 Å². The van der Waals surface area contributed by atoms with Gasteiger partial charge in [0.15, 0.2) is 11.9 Å². The van der Waals surface area contributed by atoms with E-state index in [9.17, 15) is 43.2 Å². The molecule has 85 heavy (non-hydrogen) atoms. The van der Waals surface area contributed by atoms with Crippen LogP contribution in [-0.4, -0.2) is 150 Å². The van der Waals surface area contributed by atoms with E-state index < -0.39 is 101 Å². The summed E-state index contributed by atoms with van der Waals surface area (Å²) in [7, 11) is 0. The molecule has 0 aliphatic rings. The van der Waals surface area contributed by atoms with E-state index in [4.69, 9.17) is 34.4 Å². The van der Waals surface area contributed by atoms with Gasteiger partial charge in [-0.25, -0.2) is 0 Å². The number of amides is 9. The van der Waals surface area contributed by atoms with E-state index in [0.29, 0.717) is 42.6 Å². The molecule has 470 valence electrons. The van der Waals surface area contributed by atoms with E-state index in [1.807, 2.05) is 51.3 Å².